The van der Waals surface area contributed by atoms with E-state index in [4.69, 9.17) is 0 Å². The van der Waals surface area contributed by atoms with Crippen LogP contribution in [0.2, 0.25) is 0 Å². The van der Waals surface area contributed by atoms with Crippen molar-refractivity contribution < 1.29 is 9.90 Å². The first-order valence-corrected chi connectivity index (χ1v) is 6.46. The van der Waals surface area contributed by atoms with E-state index in [2.05, 4.69) is 10.6 Å². The number of phenols is 1. The summed E-state index contributed by atoms with van der Waals surface area (Å²) in [5.74, 6) is 0.129. The van der Waals surface area contributed by atoms with E-state index < -0.39 is 0 Å². The standard InChI is InChI=1S/C14H20N2O2/c1-15-11-4-6-12(7-5-11)16-14(18)10-2-8-13(17)9-3-10/h2-3,8-9,11-12,15,17H,4-7H2,1H3,(H,16,18). The molecule has 0 radical (unpaired) electrons. The fraction of sp³-hybridized carbons (Fsp3) is 0.500. The average molecular weight is 248 g/mol. The minimum Gasteiger partial charge on any atom is -0.508 e. The number of carbonyl (C=O) groups is 1. The number of benzene rings is 1. The van der Waals surface area contributed by atoms with Gasteiger partial charge in [-0.15, -0.1) is 0 Å². The molecule has 0 aromatic heterocycles. The van der Waals surface area contributed by atoms with Gasteiger partial charge >= 0.3 is 0 Å². The van der Waals surface area contributed by atoms with Crippen molar-refractivity contribution in [2.24, 2.45) is 0 Å². The molecule has 1 fully saturated rings. The lowest BCUT2D eigenvalue weighted by Crippen LogP contribution is -2.41. The molecule has 0 aliphatic heterocycles. The first kappa shape index (κ1) is 12.9. The maximum Gasteiger partial charge on any atom is 0.251 e. The zero-order valence-electron chi connectivity index (χ0n) is 10.6. The summed E-state index contributed by atoms with van der Waals surface area (Å²) in [6, 6.07) is 7.22. The lowest BCUT2D eigenvalue weighted by atomic mass is 9.91. The van der Waals surface area contributed by atoms with Crippen molar-refractivity contribution in [1.29, 1.82) is 0 Å². The smallest absolute Gasteiger partial charge is 0.251 e. The third kappa shape index (κ3) is 3.23. The topological polar surface area (TPSA) is 61.4 Å². The van der Waals surface area contributed by atoms with E-state index in [0.717, 1.165) is 25.7 Å². The van der Waals surface area contributed by atoms with E-state index in [1.807, 2.05) is 7.05 Å². The highest BCUT2D eigenvalue weighted by Crippen LogP contribution is 2.19. The quantitative estimate of drug-likeness (QED) is 0.762. The van der Waals surface area contributed by atoms with Gasteiger partial charge in [-0.05, 0) is 57.0 Å². The molecule has 1 amide bonds. The molecule has 2 rings (SSSR count). The number of carbonyl (C=O) groups excluding carboxylic acids is 1. The van der Waals surface area contributed by atoms with Crippen molar-refractivity contribution >= 4 is 5.91 Å². The Hall–Kier alpha value is -1.55. The number of rotatable bonds is 3. The summed E-state index contributed by atoms with van der Waals surface area (Å²) in [6.07, 6.45) is 4.26. The van der Waals surface area contributed by atoms with Crippen LogP contribution in [-0.2, 0) is 0 Å². The molecule has 0 saturated heterocycles. The number of hydrogen-bond donors (Lipinski definition) is 3. The van der Waals surface area contributed by atoms with Gasteiger partial charge in [-0.1, -0.05) is 0 Å². The molecular formula is C14H20N2O2. The third-order valence-electron chi connectivity index (χ3n) is 3.60. The fourth-order valence-electron chi connectivity index (χ4n) is 2.41. The largest absolute Gasteiger partial charge is 0.508 e. The maximum atomic E-state index is 12.0. The predicted octanol–water partition coefficient (Wildman–Crippen LogP) is 1.65. The van der Waals surface area contributed by atoms with Gasteiger partial charge in [0.25, 0.3) is 5.91 Å². The van der Waals surface area contributed by atoms with Crippen LogP contribution in [0, 0.1) is 0 Å². The molecule has 0 unspecified atom stereocenters. The van der Waals surface area contributed by atoms with Crippen LogP contribution < -0.4 is 10.6 Å². The molecule has 0 atom stereocenters. The highest BCUT2D eigenvalue weighted by Gasteiger charge is 2.21. The van der Waals surface area contributed by atoms with Crippen LogP contribution in [0.15, 0.2) is 24.3 Å². The molecule has 1 aromatic rings. The molecule has 0 bridgehead atoms. The van der Waals surface area contributed by atoms with Gasteiger partial charge in [0, 0.05) is 17.6 Å². The molecule has 1 aromatic carbocycles. The Bertz CT molecular complexity index is 395. The molecule has 98 valence electrons. The highest BCUT2D eigenvalue weighted by atomic mass is 16.3. The molecule has 1 aliphatic carbocycles. The Kier molecular flexibility index (Phi) is 4.20. The van der Waals surface area contributed by atoms with E-state index in [9.17, 15) is 9.90 Å². The molecule has 18 heavy (non-hydrogen) atoms. The first-order chi connectivity index (χ1) is 8.69. The number of hydrogen-bond acceptors (Lipinski definition) is 3. The summed E-state index contributed by atoms with van der Waals surface area (Å²) in [5, 5.41) is 15.5. The number of nitrogens with one attached hydrogen (secondary N) is 2. The Morgan fingerprint density at radius 2 is 1.67 bits per heavy atom. The third-order valence-corrected chi connectivity index (χ3v) is 3.60. The van der Waals surface area contributed by atoms with Gasteiger partial charge in [0.2, 0.25) is 0 Å². The second-order valence-corrected chi connectivity index (χ2v) is 4.86. The van der Waals surface area contributed by atoms with Crippen molar-refractivity contribution in [1.82, 2.24) is 10.6 Å². The Balaban J connectivity index is 1.86. The van der Waals surface area contributed by atoms with Gasteiger partial charge < -0.3 is 15.7 Å². The van der Waals surface area contributed by atoms with E-state index in [1.54, 1.807) is 12.1 Å². The summed E-state index contributed by atoms with van der Waals surface area (Å²) in [7, 11) is 1.99. The number of amides is 1. The van der Waals surface area contributed by atoms with Crippen LogP contribution in [0.25, 0.3) is 0 Å². The van der Waals surface area contributed by atoms with Crippen LogP contribution in [0.3, 0.4) is 0 Å². The van der Waals surface area contributed by atoms with Gasteiger partial charge in [0.1, 0.15) is 5.75 Å². The minimum absolute atomic E-state index is 0.0529. The molecule has 0 heterocycles. The second kappa shape index (κ2) is 5.87. The van der Waals surface area contributed by atoms with Crippen molar-refractivity contribution in [2.45, 2.75) is 37.8 Å². The zero-order chi connectivity index (χ0) is 13.0. The molecule has 4 heteroatoms. The molecule has 3 N–H and O–H groups in total. The lowest BCUT2D eigenvalue weighted by molar-refractivity contribution is 0.0924. The fourth-order valence-corrected chi connectivity index (χ4v) is 2.41. The van der Waals surface area contributed by atoms with Crippen LogP contribution in [0.5, 0.6) is 5.75 Å². The summed E-state index contributed by atoms with van der Waals surface area (Å²) in [5.41, 5.74) is 0.600. The minimum atomic E-state index is -0.0529. The van der Waals surface area contributed by atoms with E-state index in [0.29, 0.717) is 11.6 Å². The van der Waals surface area contributed by atoms with Crippen LogP contribution in [0.4, 0.5) is 0 Å². The molecule has 0 spiro atoms. The second-order valence-electron chi connectivity index (χ2n) is 4.86. The summed E-state index contributed by atoms with van der Waals surface area (Å²) >= 11 is 0. The number of aromatic hydroxyl groups is 1. The highest BCUT2D eigenvalue weighted by molar-refractivity contribution is 5.94. The lowest BCUT2D eigenvalue weighted by Gasteiger charge is -2.28. The van der Waals surface area contributed by atoms with Gasteiger partial charge in [0.05, 0.1) is 0 Å². The Morgan fingerprint density at radius 3 is 2.22 bits per heavy atom. The van der Waals surface area contributed by atoms with Crippen LogP contribution >= 0.6 is 0 Å². The molecule has 4 nitrogen and oxygen atoms in total. The van der Waals surface area contributed by atoms with Crippen molar-refractivity contribution in [3.05, 3.63) is 29.8 Å². The van der Waals surface area contributed by atoms with Gasteiger partial charge in [-0.2, -0.15) is 0 Å². The molecular weight excluding hydrogens is 228 g/mol. The molecule has 1 aliphatic rings. The molecule has 1 saturated carbocycles. The first-order valence-electron chi connectivity index (χ1n) is 6.46. The monoisotopic (exact) mass is 248 g/mol. The van der Waals surface area contributed by atoms with Crippen LogP contribution in [-0.4, -0.2) is 30.1 Å². The summed E-state index contributed by atoms with van der Waals surface area (Å²) in [4.78, 5) is 12.0. The van der Waals surface area contributed by atoms with E-state index >= 15 is 0 Å². The van der Waals surface area contributed by atoms with Crippen molar-refractivity contribution in [3.8, 4) is 5.75 Å². The van der Waals surface area contributed by atoms with Crippen LogP contribution in [0.1, 0.15) is 36.0 Å². The van der Waals surface area contributed by atoms with Gasteiger partial charge in [-0.25, -0.2) is 0 Å². The van der Waals surface area contributed by atoms with Gasteiger partial charge in [-0.3, -0.25) is 4.79 Å². The summed E-state index contributed by atoms with van der Waals surface area (Å²) in [6.45, 7) is 0. The van der Waals surface area contributed by atoms with Crippen molar-refractivity contribution in [3.63, 3.8) is 0 Å². The predicted molar refractivity (Wildman–Crippen MR) is 70.7 cm³/mol. The van der Waals surface area contributed by atoms with Crippen molar-refractivity contribution in [2.75, 3.05) is 7.05 Å². The summed E-state index contributed by atoms with van der Waals surface area (Å²) < 4.78 is 0. The van der Waals surface area contributed by atoms with Gasteiger partial charge in [0.15, 0.2) is 0 Å². The average Bonchev–Trinajstić information content (AvgIpc) is 2.40. The zero-order valence-corrected chi connectivity index (χ0v) is 10.6. The SMILES string of the molecule is CNC1CCC(NC(=O)c2ccc(O)cc2)CC1. The maximum absolute atomic E-state index is 12.0. The Morgan fingerprint density at radius 1 is 1.11 bits per heavy atom. The Labute approximate surface area is 107 Å². The van der Waals surface area contributed by atoms with E-state index in [1.165, 1.54) is 12.1 Å². The normalized spacial score (nSPS) is 23.6. The van der Waals surface area contributed by atoms with E-state index in [-0.39, 0.29) is 17.7 Å². The number of phenolic OH excluding ortho intramolecular Hbond substituents is 1.